The second-order valence-corrected chi connectivity index (χ2v) is 14.1. The molecule has 4 amide bonds. The van der Waals surface area contributed by atoms with Crippen LogP contribution in [0.3, 0.4) is 0 Å². The number of carbonyl (C=O) groups excluding carboxylic acids is 3. The van der Waals surface area contributed by atoms with Gasteiger partial charge in [0.1, 0.15) is 0 Å². The topological polar surface area (TPSA) is 117 Å². The predicted octanol–water partition coefficient (Wildman–Crippen LogP) is 3.77. The van der Waals surface area contributed by atoms with Gasteiger partial charge >= 0.3 is 12.1 Å². The molecule has 4 aliphatic rings. The lowest BCUT2D eigenvalue weighted by Gasteiger charge is -2.41. The van der Waals surface area contributed by atoms with E-state index in [9.17, 15) is 19.2 Å². The number of urea groups is 1. The molecule has 3 saturated heterocycles. The van der Waals surface area contributed by atoms with Gasteiger partial charge in [0, 0.05) is 96.3 Å². The fourth-order valence-electron chi connectivity index (χ4n) is 8.22. The number of aromatic nitrogens is 1. The van der Waals surface area contributed by atoms with E-state index in [1.165, 1.54) is 0 Å². The lowest BCUT2D eigenvalue weighted by molar-refractivity contribution is -0.143. The third-order valence-electron chi connectivity index (χ3n) is 11.0. The maximum atomic E-state index is 14.2. The zero-order chi connectivity index (χ0) is 34.8. The lowest BCUT2D eigenvalue weighted by Crippen LogP contribution is -2.56. The lowest BCUT2D eigenvalue weighted by atomic mass is 10.00. The SMILES string of the molecule is Cc1cc(CC(OC(=O)N2CCC(N3CCc4ccccc4NC3=O)CC2)C(=O)N2CCN(C3CCOCC3)CC2)cc2ccc(=O)n(C)c12. The van der Waals surface area contributed by atoms with Crippen LogP contribution in [0.1, 0.15) is 42.4 Å². The van der Waals surface area contributed by atoms with Crippen molar-refractivity contribution in [1.82, 2.24) is 24.2 Å². The van der Waals surface area contributed by atoms with Crippen molar-refractivity contribution < 1.29 is 23.9 Å². The molecule has 1 N–H and O–H groups in total. The van der Waals surface area contributed by atoms with E-state index in [2.05, 4.69) is 10.2 Å². The van der Waals surface area contributed by atoms with Crippen molar-refractivity contribution in [3.63, 3.8) is 0 Å². The number of para-hydroxylation sites is 1. The van der Waals surface area contributed by atoms with Crippen LogP contribution in [0.4, 0.5) is 15.3 Å². The van der Waals surface area contributed by atoms with Crippen LogP contribution < -0.4 is 10.9 Å². The van der Waals surface area contributed by atoms with Gasteiger partial charge in [0.25, 0.3) is 11.5 Å². The quantitative estimate of drug-likeness (QED) is 0.421. The number of benzene rings is 2. The first-order valence-electron chi connectivity index (χ1n) is 18.1. The summed E-state index contributed by atoms with van der Waals surface area (Å²) in [5.74, 6) is -0.182. The van der Waals surface area contributed by atoms with Crippen molar-refractivity contribution in [3.8, 4) is 0 Å². The highest BCUT2D eigenvalue weighted by molar-refractivity contribution is 5.91. The molecule has 1 unspecified atom stereocenters. The van der Waals surface area contributed by atoms with Crippen molar-refractivity contribution in [2.45, 2.75) is 63.6 Å². The average molecular weight is 685 g/mol. The van der Waals surface area contributed by atoms with Crippen molar-refractivity contribution in [3.05, 3.63) is 75.6 Å². The van der Waals surface area contributed by atoms with E-state index < -0.39 is 12.2 Å². The molecule has 12 nitrogen and oxygen atoms in total. The van der Waals surface area contributed by atoms with Crippen LogP contribution in [0.25, 0.3) is 10.9 Å². The summed E-state index contributed by atoms with van der Waals surface area (Å²) < 4.78 is 13.3. The van der Waals surface area contributed by atoms with Crippen molar-refractivity contribution in [1.29, 1.82) is 0 Å². The zero-order valence-corrected chi connectivity index (χ0v) is 29.1. The van der Waals surface area contributed by atoms with Gasteiger partial charge in [-0.15, -0.1) is 0 Å². The summed E-state index contributed by atoms with van der Waals surface area (Å²) in [6.45, 7) is 7.73. The Labute approximate surface area is 292 Å². The molecule has 0 saturated carbocycles. The van der Waals surface area contributed by atoms with Crippen molar-refractivity contribution in [2.75, 3.05) is 64.3 Å². The van der Waals surface area contributed by atoms with Crippen molar-refractivity contribution in [2.24, 2.45) is 7.05 Å². The first-order valence-corrected chi connectivity index (χ1v) is 18.1. The minimum Gasteiger partial charge on any atom is -0.436 e. The summed E-state index contributed by atoms with van der Waals surface area (Å²) in [6.07, 6.45) is 2.79. The Kier molecular flexibility index (Phi) is 10.1. The number of aryl methyl sites for hydroxylation is 2. The number of anilines is 1. The van der Waals surface area contributed by atoms with Crippen molar-refractivity contribution >= 4 is 34.6 Å². The van der Waals surface area contributed by atoms with Gasteiger partial charge in [0.05, 0.1) is 5.52 Å². The first-order chi connectivity index (χ1) is 24.2. The van der Waals surface area contributed by atoms with E-state index in [0.717, 1.165) is 78.8 Å². The molecule has 50 heavy (non-hydrogen) atoms. The Morgan fingerprint density at radius 2 is 1.62 bits per heavy atom. The molecule has 12 heteroatoms. The van der Waals surface area contributed by atoms with Gasteiger partial charge < -0.3 is 34.1 Å². The number of hydrogen-bond donors (Lipinski definition) is 1. The number of nitrogens with one attached hydrogen (secondary N) is 1. The fraction of sp³-hybridized carbons (Fsp3) is 0.526. The number of hydrogen-bond acceptors (Lipinski definition) is 7. The van der Waals surface area contributed by atoms with Crippen LogP contribution in [-0.2, 0) is 34.2 Å². The number of rotatable bonds is 6. The van der Waals surface area contributed by atoms with Crippen LogP contribution in [0.15, 0.2) is 53.3 Å². The summed E-state index contributed by atoms with van der Waals surface area (Å²) >= 11 is 0. The molecule has 2 aromatic carbocycles. The first kappa shape index (κ1) is 34.0. The Hall–Kier alpha value is -4.42. The largest absolute Gasteiger partial charge is 0.436 e. The summed E-state index contributed by atoms with van der Waals surface area (Å²) in [4.78, 5) is 61.2. The van der Waals surface area contributed by atoms with Gasteiger partial charge in [-0.05, 0) is 79.3 Å². The van der Waals surface area contributed by atoms with Crippen LogP contribution >= 0.6 is 0 Å². The molecular formula is C38H48N6O6. The van der Waals surface area contributed by atoms with E-state index in [4.69, 9.17) is 9.47 Å². The standard InChI is InChI=1S/C38H48N6O6/c1-26-23-27(24-29-7-8-34(45)40(2)35(26)29)25-33(36(46)42-19-17-41(18-20-42)30-12-21-49-22-13-30)50-38(48)43-14-10-31(11-15-43)44-16-9-28-5-3-4-6-32(28)39-37(44)47/h3-8,23-24,30-31,33H,9-22,25H2,1-2H3,(H,39,47). The number of fused-ring (bicyclic) bond motifs is 2. The van der Waals surface area contributed by atoms with Crippen LogP contribution in [0.5, 0.6) is 0 Å². The number of piperazine rings is 1. The minimum atomic E-state index is -0.992. The van der Waals surface area contributed by atoms with E-state index in [-0.39, 0.29) is 30.0 Å². The van der Waals surface area contributed by atoms with Gasteiger partial charge in [0.15, 0.2) is 6.10 Å². The second kappa shape index (κ2) is 14.8. The van der Waals surface area contributed by atoms with Crippen LogP contribution in [-0.4, -0.2) is 119 Å². The van der Waals surface area contributed by atoms with Gasteiger partial charge in [-0.1, -0.05) is 24.3 Å². The molecule has 0 radical (unpaired) electrons. The fourth-order valence-corrected chi connectivity index (χ4v) is 8.22. The van der Waals surface area contributed by atoms with Gasteiger partial charge in [-0.3, -0.25) is 14.5 Å². The molecule has 0 aliphatic carbocycles. The summed E-state index contributed by atoms with van der Waals surface area (Å²) in [5, 5.41) is 3.95. The van der Waals surface area contributed by atoms with Crippen LogP contribution in [0.2, 0.25) is 0 Å². The maximum absolute atomic E-state index is 14.2. The monoisotopic (exact) mass is 684 g/mol. The molecular weight excluding hydrogens is 636 g/mol. The van der Waals surface area contributed by atoms with Gasteiger partial charge in [0.2, 0.25) is 0 Å². The third-order valence-corrected chi connectivity index (χ3v) is 11.0. The number of likely N-dealkylation sites (tertiary alicyclic amines) is 1. The summed E-state index contributed by atoms with van der Waals surface area (Å²) in [6, 6.07) is 15.6. The highest BCUT2D eigenvalue weighted by Crippen LogP contribution is 2.26. The molecule has 1 aromatic heterocycles. The molecule has 4 aliphatic heterocycles. The Balaban J connectivity index is 1.03. The predicted molar refractivity (Wildman–Crippen MR) is 190 cm³/mol. The molecule has 3 fully saturated rings. The number of nitrogens with zero attached hydrogens (tertiary/aromatic N) is 5. The highest BCUT2D eigenvalue weighted by atomic mass is 16.6. The Morgan fingerprint density at radius 3 is 2.38 bits per heavy atom. The van der Waals surface area contributed by atoms with E-state index in [0.29, 0.717) is 51.6 Å². The Morgan fingerprint density at radius 1 is 0.880 bits per heavy atom. The summed E-state index contributed by atoms with van der Waals surface area (Å²) in [5.41, 5.74) is 4.52. The second-order valence-electron chi connectivity index (χ2n) is 14.1. The van der Waals surface area contributed by atoms with E-state index in [1.807, 2.05) is 53.1 Å². The summed E-state index contributed by atoms with van der Waals surface area (Å²) in [7, 11) is 1.76. The van der Waals surface area contributed by atoms with Gasteiger partial charge in [-0.2, -0.15) is 0 Å². The third kappa shape index (κ3) is 7.22. The smallest absolute Gasteiger partial charge is 0.410 e. The normalized spacial score (nSPS) is 20.3. The number of piperidine rings is 1. The molecule has 266 valence electrons. The molecule has 1 atom stereocenters. The number of carbonyl (C=O) groups is 3. The molecule has 5 heterocycles. The molecule has 0 bridgehead atoms. The zero-order valence-electron chi connectivity index (χ0n) is 29.1. The highest BCUT2D eigenvalue weighted by Gasteiger charge is 2.36. The number of pyridine rings is 1. The maximum Gasteiger partial charge on any atom is 0.410 e. The van der Waals surface area contributed by atoms with Gasteiger partial charge in [-0.25, -0.2) is 9.59 Å². The van der Waals surface area contributed by atoms with E-state index >= 15 is 0 Å². The minimum absolute atomic E-state index is 0.00866. The molecule has 0 spiro atoms. The number of ether oxygens (including phenoxy) is 2. The average Bonchev–Trinajstić information content (AvgIpc) is 3.31. The number of amides is 4. The van der Waals surface area contributed by atoms with E-state index in [1.54, 1.807) is 28.6 Å². The van der Waals surface area contributed by atoms with Crippen LogP contribution in [0, 0.1) is 6.92 Å². The molecule has 3 aromatic rings. The molecule has 7 rings (SSSR count). The Bertz CT molecular complexity index is 1790.